The summed E-state index contributed by atoms with van der Waals surface area (Å²) in [5, 5.41) is 4.60. The number of anilines is 1. The summed E-state index contributed by atoms with van der Waals surface area (Å²) in [5.74, 6) is -0.872. The Morgan fingerprint density at radius 1 is 1.18 bits per heavy atom. The molecule has 1 aromatic heterocycles. The van der Waals surface area contributed by atoms with E-state index in [4.69, 9.17) is 12.2 Å². The molecule has 1 N–H and O–H groups in total. The van der Waals surface area contributed by atoms with Crippen LogP contribution in [0.2, 0.25) is 0 Å². The molecule has 6 heteroatoms. The summed E-state index contributed by atoms with van der Waals surface area (Å²) >= 11 is 6.62. The third-order valence-corrected chi connectivity index (χ3v) is 4.54. The summed E-state index contributed by atoms with van der Waals surface area (Å²) in [7, 11) is 0. The number of thiophene rings is 1. The first-order valence-electron chi connectivity index (χ1n) is 6.58. The van der Waals surface area contributed by atoms with Gasteiger partial charge in [-0.15, -0.1) is 11.3 Å². The molecule has 2 heterocycles. The molecule has 1 aliphatic rings. The summed E-state index contributed by atoms with van der Waals surface area (Å²) in [6.45, 7) is 1.94. The molecular formula is C16H12N2O2S2. The van der Waals surface area contributed by atoms with Crippen molar-refractivity contribution >= 4 is 52.2 Å². The van der Waals surface area contributed by atoms with Gasteiger partial charge in [-0.25, -0.2) is 0 Å². The van der Waals surface area contributed by atoms with Crippen molar-refractivity contribution in [1.82, 2.24) is 5.32 Å². The summed E-state index contributed by atoms with van der Waals surface area (Å²) < 4.78 is 0. The van der Waals surface area contributed by atoms with Gasteiger partial charge in [0.1, 0.15) is 5.57 Å². The van der Waals surface area contributed by atoms with Crippen molar-refractivity contribution in [2.45, 2.75) is 6.92 Å². The van der Waals surface area contributed by atoms with Gasteiger partial charge in [0.05, 0.1) is 5.69 Å². The third-order valence-electron chi connectivity index (χ3n) is 3.29. The van der Waals surface area contributed by atoms with Gasteiger partial charge in [-0.1, -0.05) is 18.2 Å². The Hall–Kier alpha value is -2.31. The van der Waals surface area contributed by atoms with E-state index in [9.17, 15) is 9.59 Å². The van der Waals surface area contributed by atoms with Crippen LogP contribution in [-0.4, -0.2) is 16.9 Å². The molecule has 2 aromatic rings. The molecule has 0 unspecified atom stereocenters. The highest BCUT2D eigenvalue weighted by atomic mass is 32.1. The number of rotatable bonds is 2. The minimum absolute atomic E-state index is 0.0861. The number of nitrogens with one attached hydrogen (secondary N) is 1. The van der Waals surface area contributed by atoms with Gasteiger partial charge in [0, 0.05) is 4.88 Å². The van der Waals surface area contributed by atoms with Crippen molar-refractivity contribution in [3.05, 3.63) is 57.8 Å². The molecular weight excluding hydrogens is 316 g/mol. The van der Waals surface area contributed by atoms with E-state index in [1.54, 1.807) is 18.2 Å². The molecule has 110 valence electrons. The number of amides is 2. The lowest BCUT2D eigenvalue weighted by Crippen LogP contribution is -2.54. The number of carbonyl (C=O) groups is 2. The highest BCUT2D eigenvalue weighted by molar-refractivity contribution is 7.80. The van der Waals surface area contributed by atoms with Crippen LogP contribution >= 0.6 is 23.6 Å². The van der Waals surface area contributed by atoms with Crippen LogP contribution in [0.15, 0.2) is 47.4 Å². The maximum absolute atomic E-state index is 12.7. The number of hydrogen-bond acceptors (Lipinski definition) is 4. The second kappa shape index (κ2) is 5.82. The molecule has 0 radical (unpaired) electrons. The van der Waals surface area contributed by atoms with Crippen LogP contribution in [0.5, 0.6) is 0 Å². The number of carbonyl (C=O) groups excluding carboxylic acids is 2. The number of aryl methyl sites for hydroxylation is 1. The first kappa shape index (κ1) is 14.6. The van der Waals surface area contributed by atoms with Gasteiger partial charge in [0.25, 0.3) is 11.8 Å². The Morgan fingerprint density at radius 3 is 2.55 bits per heavy atom. The van der Waals surface area contributed by atoms with Gasteiger partial charge in [0.2, 0.25) is 0 Å². The van der Waals surface area contributed by atoms with Gasteiger partial charge in [-0.2, -0.15) is 0 Å². The van der Waals surface area contributed by atoms with Crippen molar-refractivity contribution in [3.8, 4) is 0 Å². The predicted octanol–water partition coefficient (Wildman–Crippen LogP) is 2.89. The van der Waals surface area contributed by atoms with E-state index in [2.05, 4.69) is 5.32 Å². The molecule has 0 atom stereocenters. The molecule has 1 saturated heterocycles. The number of thiocarbonyl (C=S) groups is 1. The van der Waals surface area contributed by atoms with Crippen LogP contribution < -0.4 is 10.2 Å². The smallest absolute Gasteiger partial charge is 0.270 e. The lowest BCUT2D eigenvalue weighted by molar-refractivity contribution is -0.122. The van der Waals surface area contributed by atoms with Crippen LogP contribution in [0.25, 0.3) is 6.08 Å². The van der Waals surface area contributed by atoms with Crippen LogP contribution in [-0.2, 0) is 9.59 Å². The normalized spacial score (nSPS) is 17.0. The lowest BCUT2D eigenvalue weighted by Gasteiger charge is -2.28. The highest BCUT2D eigenvalue weighted by Gasteiger charge is 2.34. The first-order chi connectivity index (χ1) is 10.6. The topological polar surface area (TPSA) is 49.4 Å². The predicted molar refractivity (Wildman–Crippen MR) is 91.7 cm³/mol. The molecule has 0 bridgehead atoms. The van der Waals surface area contributed by atoms with E-state index in [1.807, 2.05) is 36.6 Å². The van der Waals surface area contributed by atoms with Crippen molar-refractivity contribution in [2.24, 2.45) is 0 Å². The minimum atomic E-state index is -0.463. The zero-order valence-electron chi connectivity index (χ0n) is 11.7. The van der Waals surface area contributed by atoms with E-state index in [0.717, 1.165) is 10.4 Å². The second-order valence-electron chi connectivity index (χ2n) is 4.76. The maximum Gasteiger partial charge on any atom is 0.270 e. The van der Waals surface area contributed by atoms with Gasteiger partial charge < -0.3 is 0 Å². The molecule has 1 aliphatic heterocycles. The van der Waals surface area contributed by atoms with Crippen molar-refractivity contribution in [3.63, 3.8) is 0 Å². The average Bonchev–Trinajstić information content (AvgIpc) is 2.89. The molecule has 2 amide bonds. The fourth-order valence-corrected chi connectivity index (χ4v) is 3.27. The molecule has 1 aromatic carbocycles. The average molecular weight is 328 g/mol. The molecule has 1 fully saturated rings. The number of nitrogens with zero attached hydrogens (tertiary/aromatic N) is 1. The Bertz CT molecular complexity index is 793. The Morgan fingerprint density at radius 2 is 1.91 bits per heavy atom. The summed E-state index contributed by atoms with van der Waals surface area (Å²) in [5.41, 5.74) is 1.74. The van der Waals surface area contributed by atoms with Gasteiger partial charge >= 0.3 is 0 Å². The van der Waals surface area contributed by atoms with E-state index in [-0.39, 0.29) is 10.7 Å². The van der Waals surface area contributed by atoms with E-state index >= 15 is 0 Å². The van der Waals surface area contributed by atoms with Crippen LogP contribution in [0.3, 0.4) is 0 Å². The van der Waals surface area contributed by atoms with Crippen molar-refractivity contribution < 1.29 is 9.59 Å². The number of benzene rings is 1. The molecule has 0 aliphatic carbocycles. The van der Waals surface area contributed by atoms with Crippen LogP contribution in [0, 0.1) is 6.92 Å². The molecule has 0 spiro atoms. The molecule has 22 heavy (non-hydrogen) atoms. The standard InChI is InChI=1S/C16H12N2O2S2/c1-10-7-8-22-13(10)9-12-14(19)17-16(21)18(15(12)20)11-5-3-2-4-6-11/h2-9H,1H3,(H,17,19,21). The largest absolute Gasteiger partial charge is 0.298 e. The second-order valence-corrected chi connectivity index (χ2v) is 6.10. The Kier molecular flexibility index (Phi) is 3.87. The lowest BCUT2D eigenvalue weighted by atomic mass is 10.1. The summed E-state index contributed by atoms with van der Waals surface area (Å²) in [6, 6.07) is 11.0. The number of para-hydroxylation sites is 1. The Labute approximate surface area is 137 Å². The molecule has 0 saturated carbocycles. The zero-order valence-corrected chi connectivity index (χ0v) is 13.3. The van der Waals surface area contributed by atoms with E-state index in [1.165, 1.54) is 16.2 Å². The van der Waals surface area contributed by atoms with Crippen molar-refractivity contribution in [2.75, 3.05) is 4.90 Å². The zero-order chi connectivity index (χ0) is 15.7. The highest BCUT2D eigenvalue weighted by Crippen LogP contribution is 2.24. The van der Waals surface area contributed by atoms with Gasteiger partial charge in [-0.05, 0) is 54.4 Å². The summed E-state index contributed by atoms with van der Waals surface area (Å²) in [6.07, 6.45) is 1.62. The van der Waals surface area contributed by atoms with Gasteiger partial charge in [0.15, 0.2) is 5.11 Å². The quantitative estimate of drug-likeness (QED) is 0.524. The fraction of sp³-hybridized carbons (Fsp3) is 0.0625. The Balaban J connectivity index is 2.03. The first-order valence-corrected chi connectivity index (χ1v) is 7.87. The van der Waals surface area contributed by atoms with E-state index < -0.39 is 11.8 Å². The molecule has 4 nitrogen and oxygen atoms in total. The minimum Gasteiger partial charge on any atom is -0.298 e. The van der Waals surface area contributed by atoms with Crippen LogP contribution in [0.4, 0.5) is 5.69 Å². The van der Waals surface area contributed by atoms with Gasteiger partial charge in [-0.3, -0.25) is 19.8 Å². The molecule has 3 rings (SSSR count). The SMILES string of the molecule is Cc1ccsc1C=C1C(=O)NC(=S)N(c2ccccc2)C1=O. The monoisotopic (exact) mass is 328 g/mol. The van der Waals surface area contributed by atoms with Crippen LogP contribution in [0.1, 0.15) is 10.4 Å². The van der Waals surface area contributed by atoms with E-state index in [0.29, 0.717) is 5.69 Å². The third kappa shape index (κ3) is 2.58. The summed E-state index contributed by atoms with van der Waals surface area (Å²) in [4.78, 5) is 27.0. The maximum atomic E-state index is 12.7. The van der Waals surface area contributed by atoms with Crippen molar-refractivity contribution in [1.29, 1.82) is 0 Å². The fourth-order valence-electron chi connectivity index (χ4n) is 2.13. The number of hydrogen-bond donors (Lipinski definition) is 1.